The second kappa shape index (κ2) is 7.82. The molecule has 0 aromatic carbocycles. The minimum atomic E-state index is 0.105. The number of morpholine rings is 1. The van der Waals surface area contributed by atoms with Gasteiger partial charge >= 0.3 is 0 Å². The number of carbonyl (C=O) groups excluding carboxylic acids is 1. The molecule has 1 saturated heterocycles. The molecular formula is C14H29N3O2. The predicted molar refractivity (Wildman–Crippen MR) is 76.4 cm³/mol. The van der Waals surface area contributed by atoms with Crippen LogP contribution in [0.5, 0.6) is 0 Å². The van der Waals surface area contributed by atoms with Gasteiger partial charge in [0.2, 0.25) is 5.91 Å². The molecule has 1 rings (SSSR count). The first-order chi connectivity index (χ1) is 8.93. The maximum Gasteiger partial charge on any atom is 0.234 e. The van der Waals surface area contributed by atoms with Gasteiger partial charge in [0.1, 0.15) is 0 Å². The number of ether oxygens (including phenoxy) is 1. The van der Waals surface area contributed by atoms with Gasteiger partial charge in [0, 0.05) is 19.5 Å². The van der Waals surface area contributed by atoms with Gasteiger partial charge in [-0.15, -0.1) is 0 Å². The van der Waals surface area contributed by atoms with Gasteiger partial charge < -0.3 is 10.5 Å². The molecular weight excluding hydrogens is 242 g/mol. The molecule has 112 valence electrons. The van der Waals surface area contributed by atoms with Crippen molar-refractivity contribution < 1.29 is 9.53 Å². The summed E-state index contributed by atoms with van der Waals surface area (Å²) in [6.45, 7) is 10.3. The largest absolute Gasteiger partial charge is 0.379 e. The van der Waals surface area contributed by atoms with Gasteiger partial charge in [0.25, 0.3) is 0 Å². The van der Waals surface area contributed by atoms with E-state index < -0.39 is 0 Å². The summed E-state index contributed by atoms with van der Waals surface area (Å²) in [5.41, 5.74) is 8.82. The van der Waals surface area contributed by atoms with Crippen LogP contribution in [0.15, 0.2) is 0 Å². The number of rotatable bonds is 6. The highest BCUT2D eigenvalue weighted by molar-refractivity contribution is 5.75. The zero-order valence-electron chi connectivity index (χ0n) is 12.6. The predicted octanol–water partition coefficient (Wildman–Crippen LogP) is 1.14. The maximum atomic E-state index is 11.9. The Morgan fingerprint density at radius 3 is 2.47 bits per heavy atom. The molecule has 1 aliphatic rings. The molecule has 1 aliphatic heterocycles. The fourth-order valence-electron chi connectivity index (χ4n) is 2.42. The van der Waals surface area contributed by atoms with Crippen LogP contribution in [0.2, 0.25) is 0 Å². The maximum absolute atomic E-state index is 11.9. The van der Waals surface area contributed by atoms with Crippen molar-refractivity contribution in [3.63, 3.8) is 0 Å². The number of nitrogens with zero attached hydrogens (tertiary/aromatic N) is 1. The standard InChI is InChI=1S/C14H29N3O2/c1-14(2,3)12(6-7-15)4-5-13(18)16-17-8-10-19-11-9-17/h12H,4-11,15H2,1-3H3,(H,16,18). The van der Waals surface area contributed by atoms with E-state index in [2.05, 4.69) is 26.2 Å². The summed E-state index contributed by atoms with van der Waals surface area (Å²) in [4.78, 5) is 11.9. The fourth-order valence-corrected chi connectivity index (χ4v) is 2.42. The van der Waals surface area contributed by atoms with Crippen LogP contribution in [0.3, 0.4) is 0 Å². The number of carbonyl (C=O) groups is 1. The second-order valence-electron chi connectivity index (χ2n) is 6.31. The molecule has 1 amide bonds. The van der Waals surface area contributed by atoms with E-state index in [-0.39, 0.29) is 11.3 Å². The second-order valence-corrected chi connectivity index (χ2v) is 6.31. The fraction of sp³-hybridized carbons (Fsp3) is 0.929. The molecule has 1 fully saturated rings. The smallest absolute Gasteiger partial charge is 0.234 e. The molecule has 19 heavy (non-hydrogen) atoms. The summed E-state index contributed by atoms with van der Waals surface area (Å²) in [6.07, 6.45) is 2.45. The van der Waals surface area contributed by atoms with E-state index in [1.54, 1.807) is 0 Å². The first kappa shape index (κ1) is 16.4. The van der Waals surface area contributed by atoms with Crippen molar-refractivity contribution in [1.82, 2.24) is 10.4 Å². The Balaban J connectivity index is 2.30. The number of hydrogen-bond donors (Lipinski definition) is 2. The quantitative estimate of drug-likeness (QED) is 0.760. The van der Waals surface area contributed by atoms with Gasteiger partial charge in [-0.05, 0) is 30.7 Å². The van der Waals surface area contributed by atoms with Crippen molar-refractivity contribution in [2.24, 2.45) is 17.1 Å². The van der Waals surface area contributed by atoms with Crippen LogP contribution in [-0.4, -0.2) is 43.8 Å². The summed E-state index contributed by atoms with van der Waals surface area (Å²) >= 11 is 0. The molecule has 0 spiro atoms. The average molecular weight is 271 g/mol. The lowest BCUT2D eigenvalue weighted by Crippen LogP contribution is -2.48. The Labute approximate surface area is 116 Å². The summed E-state index contributed by atoms with van der Waals surface area (Å²) in [6, 6.07) is 0. The van der Waals surface area contributed by atoms with Gasteiger partial charge in [0.15, 0.2) is 0 Å². The van der Waals surface area contributed by atoms with E-state index >= 15 is 0 Å². The Kier molecular flexibility index (Phi) is 6.75. The lowest BCUT2D eigenvalue weighted by molar-refractivity contribution is -0.128. The van der Waals surface area contributed by atoms with Crippen LogP contribution in [0.4, 0.5) is 0 Å². The molecule has 1 unspecified atom stereocenters. The number of hydrogen-bond acceptors (Lipinski definition) is 4. The van der Waals surface area contributed by atoms with Gasteiger partial charge in [-0.3, -0.25) is 10.2 Å². The van der Waals surface area contributed by atoms with E-state index in [4.69, 9.17) is 10.5 Å². The monoisotopic (exact) mass is 271 g/mol. The topological polar surface area (TPSA) is 67.6 Å². The average Bonchev–Trinajstić information content (AvgIpc) is 2.34. The molecule has 5 nitrogen and oxygen atoms in total. The normalized spacial score (nSPS) is 19.2. The summed E-state index contributed by atoms with van der Waals surface area (Å²) < 4.78 is 5.25. The van der Waals surface area contributed by atoms with Crippen LogP contribution in [-0.2, 0) is 9.53 Å². The van der Waals surface area contributed by atoms with Crippen LogP contribution < -0.4 is 11.2 Å². The zero-order valence-corrected chi connectivity index (χ0v) is 12.6. The molecule has 1 atom stereocenters. The van der Waals surface area contributed by atoms with Crippen molar-refractivity contribution in [2.75, 3.05) is 32.8 Å². The SMILES string of the molecule is CC(C)(C)C(CCN)CCC(=O)NN1CCOCC1. The van der Waals surface area contributed by atoms with Crippen molar-refractivity contribution in [3.8, 4) is 0 Å². The van der Waals surface area contributed by atoms with E-state index in [1.165, 1.54) is 0 Å². The Bertz CT molecular complexity index is 270. The summed E-state index contributed by atoms with van der Waals surface area (Å²) in [5, 5.41) is 1.95. The van der Waals surface area contributed by atoms with Crippen LogP contribution in [0, 0.1) is 11.3 Å². The third-order valence-corrected chi connectivity index (χ3v) is 3.75. The molecule has 5 heteroatoms. The zero-order chi connectivity index (χ0) is 14.3. The Morgan fingerprint density at radius 1 is 1.32 bits per heavy atom. The van der Waals surface area contributed by atoms with Gasteiger partial charge in [0.05, 0.1) is 13.2 Å². The number of hydrazine groups is 1. The lowest BCUT2D eigenvalue weighted by atomic mass is 9.76. The molecule has 0 bridgehead atoms. The molecule has 0 aliphatic carbocycles. The molecule has 0 aromatic rings. The third-order valence-electron chi connectivity index (χ3n) is 3.75. The molecule has 1 heterocycles. The highest BCUT2D eigenvalue weighted by Crippen LogP contribution is 2.31. The van der Waals surface area contributed by atoms with Crippen molar-refractivity contribution in [2.45, 2.75) is 40.0 Å². The van der Waals surface area contributed by atoms with Gasteiger partial charge in [-0.2, -0.15) is 0 Å². The van der Waals surface area contributed by atoms with Crippen molar-refractivity contribution in [1.29, 1.82) is 0 Å². The van der Waals surface area contributed by atoms with E-state index in [9.17, 15) is 4.79 Å². The minimum absolute atomic E-state index is 0.105. The third kappa shape index (κ3) is 6.36. The van der Waals surface area contributed by atoms with E-state index in [0.717, 1.165) is 25.9 Å². The van der Waals surface area contributed by atoms with Gasteiger partial charge in [-0.25, -0.2) is 5.01 Å². The van der Waals surface area contributed by atoms with Crippen LogP contribution in [0.1, 0.15) is 40.0 Å². The van der Waals surface area contributed by atoms with E-state index in [0.29, 0.717) is 32.1 Å². The van der Waals surface area contributed by atoms with Crippen LogP contribution >= 0.6 is 0 Å². The molecule has 0 aromatic heterocycles. The van der Waals surface area contributed by atoms with Crippen LogP contribution in [0.25, 0.3) is 0 Å². The molecule has 0 radical (unpaired) electrons. The summed E-state index contributed by atoms with van der Waals surface area (Å²) in [7, 11) is 0. The highest BCUT2D eigenvalue weighted by atomic mass is 16.5. The Morgan fingerprint density at radius 2 is 1.95 bits per heavy atom. The number of amides is 1. The lowest BCUT2D eigenvalue weighted by Gasteiger charge is -2.31. The number of nitrogens with two attached hydrogens (primary N) is 1. The first-order valence-electron chi connectivity index (χ1n) is 7.25. The van der Waals surface area contributed by atoms with Gasteiger partial charge in [-0.1, -0.05) is 20.8 Å². The van der Waals surface area contributed by atoms with Crippen molar-refractivity contribution in [3.05, 3.63) is 0 Å². The highest BCUT2D eigenvalue weighted by Gasteiger charge is 2.24. The van der Waals surface area contributed by atoms with E-state index in [1.807, 2.05) is 5.01 Å². The summed E-state index contributed by atoms with van der Waals surface area (Å²) in [5.74, 6) is 0.598. The van der Waals surface area contributed by atoms with Crippen molar-refractivity contribution >= 4 is 5.91 Å². The molecule has 3 N–H and O–H groups in total. The first-order valence-corrected chi connectivity index (χ1v) is 7.25. The minimum Gasteiger partial charge on any atom is -0.379 e. The number of nitrogens with one attached hydrogen (secondary N) is 1. The Hall–Kier alpha value is -0.650. The molecule has 0 saturated carbocycles.